The molecule has 2 aromatic rings. The Labute approximate surface area is 164 Å². The molecular weight excluding hydrogens is 361 g/mol. The lowest BCUT2D eigenvalue weighted by atomic mass is 9.93. The van der Waals surface area contributed by atoms with E-state index in [9.17, 15) is 9.18 Å². The van der Waals surface area contributed by atoms with Gasteiger partial charge in [-0.25, -0.2) is 14.2 Å². The summed E-state index contributed by atoms with van der Waals surface area (Å²) < 4.78 is 19.7. The lowest BCUT2D eigenvalue weighted by Gasteiger charge is -2.35. The van der Waals surface area contributed by atoms with Crippen LogP contribution < -0.4 is 9.64 Å². The van der Waals surface area contributed by atoms with Gasteiger partial charge in [-0.3, -0.25) is 4.98 Å². The second-order valence-electron chi connectivity index (χ2n) is 7.12. The highest BCUT2D eigenvalue weighted by Crippen LogP contribution is 2.34. The summed E-state index contributed by atoms with van der Waals surface area (Å²) in [6.45, 7) is 2.70. The molecule has 1 fully saturated rings. The molecule has 0 amide bonds. The van der Waals surface area contributed by atoms with Gasteiger partial charge in [-0.15, -0.1) is 0 Å². The van der Waals surface area contributed by atoms with Crippen LogP contribution >= 0.6 is 0 Å². The summed E-state index contributed by atoms with van der Waals surface area (Å²) in [5.41, 5.74) is 0.332. The van der Waals surface area contributed by atoms with E-state index in [1.807, 2.05) is 29.2 Å². The smallest absolute Gasteiger partial charge is 0.341 e. The molecule has 0 aliphatic carbocycles. The number of aromatic nitrogens is 2. The molecule has 2 heterocycles. The topological polar surface area (TPSA) is 75.5 Å². The molecule has 0 saturated carbocycles. The fraction of sp³-hybridized carbons (Fsp3) is 0.476. The number of ether oxygens (including phenoxy) is 1. The highest BCUT2D eigenvalue weighted by atomic mass is 19.1. The van der Waals surface area contributed by atoms with Gasteiger partial charge < -0.3 is 14.7 Å². The third kappa shape index (κ3) is 4.24. The standard InChI is InChI=1S/C21H26FN3O3/c1-3-4-5-16-14-23-18(15-6-8-17(28-2)9-7-15)19(24-16)25-12-10-21(22,11-13-25)20(26)27/h6-9,14H,3-5,10-13H2,1-2H3,(H,26,27). The van der Waals surface area contributed by atoms with Gasteiger partial charge in [0.05, 0.1) is 12.8 Å². The molecule has 0 bridgehead atoms. The van der Waals surface area contributed by atoms with Crippen molar-refractivity contribution in [2.45, 2.75) is 44.7 Å². The Morgan fingerprint density at radius 1 is 1.29 bits per heavy atom. The molecule has 150 valence electrons. The van der Waals surface area contributed by atoms with Crippen LogP contribution in [0.2, 0.25) is 0 Å². The van der Waals surface area contributed by atoms with Gasteiger partial charge in [0.25, 0.3) is 0 Å². The summed E-state index contributed by atoms with van der Waals surface area (Å²) in [6.07, 6.45) is 4.57. The van der Waals surface area contributed by atoms with E-state index in [0.717, 1.165) is 36.3 Å². The van der Waals surface area contributed by atoms with Crippen molar-refractivity contribution in [3.8, 4) is 17.0 Å². The minimum atomic E-state index is -2.16. The third-order valence-electron chi connectivity index (χ3n) is 5.19. The van der Waals surface area contributed by atoms with Crippen molar-refractivity contribution in [2.75, 3.05) is 25.1 Å². The molecule has 0 spiro atoms. The van der Waals surface area contributed by atoms with Gasteiger partial charge in [-0.2, -0.15) is 0 Å². The Morgan fingerprint density at radius 2 is 1.96 bits per heavy atom. The summed E-state index contributed by atoms with van der Waals surface area (Å²) in [5, 5.41) is 9.14. The molecule has 0 atom stereocenters. The number of unbranched alkanes of at least 4 members (excludes halogenated alkanes) is 1. The van der Waals surface area contributed by atoms with Gasteiger partial charge in [0, 0.05) is 37.7 Å². The first-order chi connectivity index (χ1) is 13.5. The van der Waals surface area contributed by atoms with E-state index < -0.39 is 11.6 Å². The Kier molecular flexibility index (Phi) is 6.11. The highest BCUT2D eigenvalue weighted by molar-refractivity contribution is 5.78. The normalized spacial score (nSPS) is 16.0. The largest absolute Gasteiger partial charge is 0.497 e. The summed E-state index contributed by atoms with van der Waals surface area (Å²) in [6, 6.07) is 7.55. The van der Waals surface area contributed by atoms with E-state index >= 15 is 0 Å². The number of methoxy groups -OCH3 is 1. The Hall–Kier alpha value is -2.70. The number of hydrogen-bond donors (Lipinski definition) is 1. The second-order valence-corrected chi connectivity index (χ2v) is 7.12. The number of carboxylic acid groups (broad SMARTS) is 1. The van der Waals surface area contributed by atoms with E-state index in [-0.39, 0.29) is 25.9 Å². The van der Waals surface area contributed by atoms with Crippen LogP contribution in [-0.4, -0.2) is 46.9 Å². The van der Waals surface area contributed by atoms with E-state index in [1.54, 1.807) is 13.3 Å². The fourth-order valence-electron chi connectivity index (χ4n) is 3.35. The molecule has 3 rings (SSSR count). The summed E-state index contributed by atoms with van der Waals surface area (Å²) in [4.78, 5) is 22.6. The van der Waals surface area contributed by atoms with Crippen molar-refractivity contribution >= 4 is 11.8 Å². The SMILES string of the molecule is CCCCc1cnc(-c2ccc(OC)cc2)c(N2CCC(F)(C(=O)O)CC2)n1. The molecule has 0 radical (unpaired) electrons. The number of alkyl halides is 1. The number of rotatable bonds is 7. The predicted molar refractivity (Wildman–Crippen MR) is 106 cm³/mol. The number of carboxylic acids is 1. The minimum absolute atomic E-state index is 0.0642. The van der Waals surface area contributed by atoms with Crippen LogP contribution in [-0.2, 0) is 11.2 Å². The molecule has 28 heavy (non-hydrogen) atoms. The maximum absolute atomic E-state index is 14.5. The van der Waals surface area contributed by atoms with Gasteiger partial charge in [0.15, 0.2) is 5.82 Å². The number of anilines is 1. The molecule has 1 saturated heterocycles. The number of benzene rings is 1. The van der Waals surface area contributed by atoms with Crippen molar-refractivity contribution in [3.05, 3.63) is 36.2 Å². The van der Waals surface area contributed by atoms with E-state index in [1.165, 1.54) is 0 Å². The molecular formula is C21H26FN3O3. The van der Waals surface area contributed by atoms with Crippen molar-refractivity contribution in [1.82, 2.24) is 9.97 Å². The zero-order chi connectivity index (χ0) is 20.1. The first-order valence-electron chi connectivity index (χ1n) is 9.64. The molecule has 6 nitrogen and oxygen atoms in total. The van der Waals surface area contributed by atoms with Crippen LogP contribution in [0.15, 0.2) is 30.5 Å². The van der Waals surface area contributed by atoms with Gasteiger partial charge in [-0.1, -0.05) is 13.3 Å². The summed E-state index contributed by atoms with van der Waals surface area (Å²) in [7, 11) is 1.61. The van der Waals surface area contributed by atoms with Crippen LogP contribution in [0.4, 0.5) is 10.2 Å². The van der Waals surface area contributed by atoms with Crippen LogP contribution in [0.5, 0.6) is 5.75 Å². The minimum Gasteiger partial charge on any atom is -0.497 e. The quantitative estimate of drug-likeness (QED) is 0.777. The van der Waals surface area contributed by atoms with Crippen molar-refractivity contribution in [2.24, 2.45) is 0 Å². The van der Waals surface area contributed by atoms with Crippen LogP contribution in [0, 0.1) is 0 Å². The van der Waals surface area contributed by atoms with Crippen LogP contribution in [0.1, 0.15) is 38.3 Å². The van der Waals surface area contributed by atoms with Crippen molar-refractivity contribution < 1.29 is 19.0 Å². The zero-order valence-electron chi connectivity index (χ0n) is 16.3. The summed E-state index contributed by atoms with van der Waals surface area (Å²) in [5.74, 6) is 0.0518. The van der Waals surface area contributed by atoms with Gasteiger partial charge >= 0.3 is 5.97 Å². The molecule has 7 heteroatoms. The first-order valence-corrected chi connectivity index (χ1v) is 9.64. The van der Waals surface area contributed by atoms with E-state index in [0.29, 0.717) is 11.5 Å². The monoisotopic (exact) mass is 387 g/mol. The zero-order valence-corrected chi connectivity index (χ0v) is 16.3. The van der Waals surface area contributed by atoms with Gasteiger partial charge in [0.2, 0.25) is 5.67 Å². The lowest BCUT2D eigenvalue weighted by molar-refractivity contribution is -0.152. The average molecular weight is 387 g/mol. The molecule has 1 N–H and O–H groups in total. The first kappa shape index (κ1) is 20.0. The summed E-state index contributed by atoms with van der Waals surface area (Å²) >= 11 is 0. The number of hydrogen-bond acceptors (Lipinski definition) is 5. The van der Waals surface area contributed by atoms with Crippen molar-refractivity contribution in [3.63, 3.8) is 0 Å². The average Bonchev–Trinajstić information content (AvgIpc) is 2.72. The highest BCUT2D eigenvalue weighted by Gasteiger charge is 2.42. The molecule has 1 aliphatic rings. The van der Waals surface area contributed by atoms with E-state index in [2.05, 4.69) is 11.9 Å². The molecule has 1 aliphatic heterocycles. The van der Waals surface area contributed by atoms with Crippen LogP contribution in [0.25, 0.3) is 11.3 Å². The van der Waals surface area contributed by atoms with Crippen LogP contribution in [0.3, 0.4) is 0 Å². The molecule has 0 unspecified atom stereocenters. The maximum Gasteiger partial charge on any atom is 0.341 e. The fourth-order valence-corrected chi connectivity index (χ4v) is 3.35. The van der Waals surface area contributed by atoms with E-state index in [4.69, 9.17) is 14.8 Å². The number of carbonyl (C=O) groups is 1. The predicted octanol–water partition coefficient (Wildman–Crippen LogP) is 3.89. The lowest BCUT2D eigenvalue weighted by Crippen LogP contribution is -2.47. The number of aryl methyl sites for hydroxylation is 1. The Bertz CT molecular complexity index is 818. The number of nitrogens with zero attached hydrogens (tertiary/aromatic N) is 3. The molecule has 1 aromatic carbocycles. The third-order valence-corrected chi connectivity index (χ3v) is 5.19. The number of halogens is 1. The Morgan fingerprint density at radius 3 is 2.54 bits per heavy atom. The van der Waals surface area contributed by atoms with Crippen molar-refractivity contribution in [1.29, 1.82) is 0 Å². The number of aliphatic carboxylic acids is 1. The Balaban J connectivity index is 1.93. The van der Waals surface area contributed by atoms with Gasteiger partial charge in [0.1, 0.15) is 11.4 Å². The maximum atomic E-state index is 14.5. The number of piperidine rings is 1. The second kappa shape index (κ2) is 8.54. The molecule has 1 aromatic heterocycles. The van der Waals surface area contributed by atoms with Gasteiger partial charge in [-0.05, 0) is 37.1 Å².